The second kappa shape index (κ2) is 5.08. The fourth-order valence-electron chi connectivity index (χ4n) is 1.17. The molecule has 90 valence electrons. The lowest BCUT2D eigenvalue weighted by Crippen LogP contribution is -1.95. The van der Waals surface area contributed by atoms with Crippen LogP contribution in [0.5, 0.6) is 11.6 Å². The van der Waals surface area contributed by atoms with E-state index in [4.69, 9.17) is 38.9 Å². The van der Waals surface area contributed by atoms with Crippen LogP contribution in [0.4, 0.5) is 5.69 Å². The number of halogens is 2. The summed E-state index contributed by atoms with van der Waals surface area (Å²) in [4.78, 5) is 7.71. The number of nitrogen functional groups attached to an aromatic ring is 1. The van der Waals surface area contributed by atoms with Crippen molar-refractivity contribution >= 4 is 28.9 Å². The van der Waals surface area contributed by atoms with E-state index in [0.29, 0.717) is 21.5 Å². The maximum absolute atomic E-state index is 8.58. The van der Waals surface area contributed by atoms with E-state index in [0.717, 1.165) is 0 Å². The molecule has 18 heavy (non-hydrogen) atoms. The molecule has 0 saturated heterocycles. The average molecular weight is 281 g/mol. The predicted octanol–water partition coefficient (Wildman–Crippen LogP) is 3.03. The fourth-order valence-corrected chi connectivity index (χ4v) is 1.50. The second-order valence-corrected chi connectivity index (χ2v) is 4.07. The van der Waals surface area contributed by atoms with E-state index in [-0.39, 0.29) is 11.6 Å². The van der Waals surface area contributed by atoms with Crippen LogP contribution in [0.2, 0.25) is 10.0 Å². The summed E-state index contributed by atoms with van der Waals surface area (Å²) in [7, 11) is 0. The van der Waals surface area contributed by atoms with E-state index in [1.807, 2.05) is 6.07 Å². The van der Waals surface area contributed by atoms with Crippen molar-refractivity contribution in [1.82, 2.24) is 9.97 Å². The fraction of sp³-hybridized carbons (Fsp3) is 0. The van der Waals surface area contributed by atoms with Crippen molar-refractivity contribution in [1.29, 1.82) is 5.26 Å². The lowest BCUT2D eigenvalue weighted by Gasteiger charge is -2.08. The van der Waals surface area contributed by atoms with E-state index in [1.165, 1.54) is 24.5 Å². The minimum Gasteiger partial charge on any atom is -0.435 e. The van der Waals surface area contributed by atoms with Gasteiger partial charge < -0.3 is 10.5 Å². The van der Waals surface area contributed by atoms with Crippen molar-refractivity contribution in [3.8, 4) is 17.7 Å². The van der Waals surface area contributed by atoms with Gasteiger partial charge in [-0.3, -0.25) is 0 Å². The number of nitrogens with two attached hydrogens (primary N) is 1. The monoisotopic (exact) mass is 280 g/mol. The molecule has 0 saturated carbocycles. The molecule has 0 aliphatic carbocycles. The van der Waals surface area contributed by atoms with Crippen LogP contribution in [0.25, 0.3) is 0 Å². The maximum atomic E-state index is 8.58. The highest BCUT2D eigenvalue weighted by atomic mass is 35.5. The van der Waals surface area contributed by atoms with Gasteiger partial charge in [-0.15, -0.1) is 0 Å². The number of hydrogen-bond acceptors (Lipinski definition) is 5. The number of rotatable bonds is 2. The van der Waals surface area contributed by atoms with Crippen molar-refractivity contribution in [3.05, 3.63) is 40.3 Å². The first-order valence-corrected chi connectivity index (χ1v) is 5.50. The lowest BCUT2D eigenvalue weighted by atomic mass is 10.3. The molecule has 2 N–H and O–H groups in total. The van der Waals surface area contributed by atoms with Gasteiger partial charge in [0.15, 0.2) is 11.4 Å². The Balaban J connectivity index is 2.28. The Morgan fingerprint density at radius 1 is 1.17 bits per heavy atom. The summed E-state index contributed by atoms with van der Waals surface area (Å²) < 4.78 is 5.39. The Hall–Kier alpha value is -2.03. The summed E-state index contributed by atoms with van der Waals surface area (Å²) in [5, 5.41) is 9.25. The molecule has 1 aromatic heterocycles. The number of aromatic nitrogens is 2. The molecule has 0 aliphatic rings. The van der Waals surface area contributed by atoms with Gasteiger partial charge in [-0.1, -0.05) is 23.2 Å². The standard InChI is InChI=1S/C11H6Cl2N4O/c12-7-1-9(15)10(2-8(7)13)18-11-5-16-6(3-14)4-17-11/h1-2,4-5H,15H2. The third kappa shape index (κ3) is 2.62. The second-order valence-electron chi connectivity index (χ2n) is 3.26. The molecule has 0 spiro atoms. The zero-order valence-electron chi connectivity index (χ0n) is 8.89. The Bertz CT molecular complexity index is 622. The van der Waals surface area contributed by atoms with Crippen LogP contribution in [0.3, 0.4) is 0 Å². The predicted molar refractivity (Wildman–Crippen MR) is 67.7 cm³/mol. The molecule has 0 amide bonds. The molecule has 0 radical (unpaired) electrons. The van der Waals surface area contributed by atoms with E-state index >= 15 is 0 Å². The van der Waals surface area contributed by atoms with Crippen molar-refractivity contribution < 1.29 is 4.74 Å². The highest BCUT2D eigenvalue weighted by molar-refractivity contribution is 6.42. The Morgan fingerprint density at radius 3 is 2.50 bits per heavy atom. The number of ether oxygens (including phenoxy) is 1. The smallest absolute Gasteiger partial charge is 0.238 e. The minimum absolute atomic E-state index is 0.199. The third-order valence-corrected chi connectivity index (χ3v) is 2.73. The summed E-state index contributed by atoms with van der Waals surface area (Å²) in [6.07, 6.45) is 2.61. The summed E-state index contributed by atoms with van der Waals surface area (Å²) in [6.45, 7) is 0. The number of benzene rings is 1. The number of anilines is 1. The molecule has 2 rings (SSSR count). The maximum Gasteiger partial charge on any atom is 0.238 e. The van der Waals surface area contributed by atoms with Crippen molar-refractivity contribution in [2.24, 2.45) is 0 Å². The largest absolute Gasteiger partial charge is 0.435 e. The van der Waals surface area contributed by atoms with E-state index in [1.54, 1.807) is 0 Å². The van der Waals surface area contributed by atoms with Gasteiger partial charge in [0.2, 0.25) is 5.88 Å². The number of nitrogens with zero attached hydrogens (tertiary/aromatic N) is 3. The quantitative estimate of drug-likeness (QED) is 0.855. The molecule has 7 heteroatoms. The van der Waals surface area contributed by atoms with Gasteiger partial charge in [0, 0.05) is 6.07 Å². The van der Waals surface area contributed by atoms with E-state index in [2.05, 4.69) is 9.97 Å². The molecule has 0 unspecified atom stereocenters. The molecular formula is C11H6Cl2N4O. The van der Waals surface area contributed by atoms with Crippen molar-refractivity contribution in [2.75, 3.05) is 5.73 Å². The normalized spacial score (nSPS) is 9.83. The molecule has 0 aliphatic heterocycles. The highest BCUT2D eigenvalue weighted by Gasteiger charge is 2.08. The van der Waals surface area contributed by atoms with Gasteiger partial charge in [0.25, 0.3) is 0 Å². The van der Waals surface area contributed by atoms with Gasteiger partial charge in [0.1, 0.15) is 6.07 Å². The van der Waals surface area contributed by atoms with Crippen LogP contribution in [-0.4, -0.2) is 9.97 Å². The Morgan fingerprint density at radius 2 is 1.89 bits per heavy atom. The number of hydrogen-bond donors (Lipinski definition) is 1. The molecule has 1 heterocycles. The molecular weight excluding hydrogens is 275 g/mol. The topological polar surface area (TPSA) is 84.8 Å². The first kappa shape index (κ1) is 12.4. The van der Waals surface area contributed by atoms with Crippen LogP contribution < -0.4 is 10.5 Å². The molecule has 0 atom stereocenters. The molecule has 2 aromatic rings. The lowest BCUT2D eigenvalue weighted by molar-refractivity contribution is 0.462. The molecule has 0 bridgehead atoms. The summed E-state index contributed by atoms with van der Waals surface area (Å²) in [6, 6.07) is 4.82. The summed E-state index contributed by atoms with van der Waals surface area (Å²) in [5.74, 6) is 0.530. The molecule has 1 aromatic carbocycles. The van der Waals surface area contributed by atoms with Gasteiger partial charge in [-0.2, -0.15) is 5.26 Å². The Labute approximate surface area is 113 Å². The average Bonchev–Trinajstić information content (AvgIpc) is 2.37. The van der Waals surface area contributed by atoms with Gasteiger partial charge in [-0.25, -0.2) is 9.97 Å². The highest BCUT2D eigenvalue weighted by Crippen LogP contribution is 2.34. The first-order valence-electron chi connectivity index (χ1n) is 4.74. The summed E-state index contributed by atoms with van der Waals surface area (Å²) in [5.41, 5.74) is 6.25. The molecule has 5 nitrogen and oxygen atoms in total. The molecule has 0 fully saturated rings. The van der Waals surface area contributed by atoms with Crippen LogP contribution >= 0.6 is 23.2 Å². The van der Waals surface area contributed by atoms with Crippen LogP contribution in [0.1, 0.15) is 5.69 Å². The van der Waals surface area contributed by atoms with E-state index in [9.17, 15) is 0 Å². The number of nitriles is 1. The van der Waals surface area contributed by atoms with Gasteiger partial charge >= 0.3 is 0 Å². The zero-order chi connectivity index (χ0) is 13.1. The Kier molecular flexibility index (Phi) is 3.51. The van der Waals surface area contributed by atoms with Crippen LogP contribution in [0.15, 0.2) is 24.5 Å². The summed E-state index contributed by atoms with van der Waals surface area (Å²) >= 11 is 11.7. The third-order valence-electron chi connectivity index (χ3n) is 2.01. The van der Waals surface area contributed by atoms with Gasteiger partial charge in [0.05, 0.1) is 28.1 Å². The SMILES string of the molecule is N#Cc1cnc(Oc2cc(Cl)c(Cl)cc2N)cn1. The van der Waals surface area contributed by atoms with Crippen LogP contribution in [0, 0.1) is 11.3 Å². The van der Waals surface area contributed by atoms with Crippen LogP contribution in [-0.2, 0) is 0 Å². The van der Waals surface area contributed by atoms with Crippen molar-refractivity contribution in [3.63, 3.8) is 0 Å². The van der Waals surface area contributed by atoms with E-state index < -0.39 is 0 Å². The van der Waals surface area contributed by atoms with Crippen molar-refractivity contribution in [2.45, 2.75) is 0 Å². The first-order chi connectivity index (χ1) is 8.60. The zero-order valence-corrected chi connectivity index (χ0v) is 10.4. The van der Waals surface area contributed by atoms with Gasteiger partial charge in [-0.05, 0) is 6.07 Å². The minimum atomic E-state index is 0.199.